The van der Waals surface area contributed by atoms with Crippen molar-refractivity contribution < 1.29 is 18.4 Å². The van der Waals surface area contributed by atoms with Gasteiger partial charge in [0.1, 0.15) is 11.6 Å². The van der Waals surface area contributed by atoms with E-state index in [-0.39, 0.29) is 11.8 Å². The maximum atomic E-state index is 13.5. The summed E-state index contributed by atoms with van der Waals surface area (Å²) >= 11 is 0. The van der Waals surface area contributed by atoms with Crippen molar-refractivity contribution in [3.63, 3.8) is 0 Å². The number of allylic oxidation sites excluding steroid dienone is 1. The van der Waals surface area contributed by atoms with Gasteiger partial charge in [0.15, 0.2) is 0 Å². The summed E-state index contributed by atoms with van der Waals surface area (Å²) in [6, 6.07) is 12.8. The minimum Gasteiger partial charge on any atom is -0.494 e. The number of hydrogen-bond acceptors (Lipinski definition) is 5. The lowest BCUT2D eigenvalue weighted by Crippen LogP contribution is -2.46. The lowest BCUT2D eigenvalue weighted by atomic mass is 9.94. The first kappa shape index (κ1) is 22.5. The van der Waals surface area contributed by atoms with Gasteiger partial charge in [0.2, 0.25) is 5.82 Å². The number of nitrogens with one attached hydrogen (secondary N) is 1. The molecule has 33 heavy (non-hydrogen) atoms. The average molecular weight is 451 g/mol. The van der Waals surface area contributed by atoms with Crippen LogP contribution in [-0.2, 0) is 0 Å². The molecule has 2 amide bonds. The molecule has 1 atom stereocenters. The molecule has 0 radical (unpaired) electrons. The van der Waals surface area contributed by atoms with E-state index in [1.54, 1.807) is 17.0 Å². The van der Waals surface area contributed by atoms with E-state index in [0.717, 1.165) is 35.4 Å². The molecule has 0 bridgehead atoms. The summed E-state index contributed by atoms with van der Waals surface area (Å²) in [6.45, 7) is 7.04. The number of aromatic nitrogens is 2. The third-order valence-electron chi connectivity index (χ3n) is 5.61. The van der Waals surface area contributed by atoms with Crippen LogP contribution in [0.3, 0.4) is 0 Å². The van der Waals surface area contributed by atoms with Crippen molar-refractivity contribution in [1.82, 2.24) is 20.4 Å². The van der Waals surface area contributed by atoms with Crippen LogP contribution in [0.4, 0.5) is 9.18 Å². The van der Waals surface area contributed by atoms with Crippen LogP contribution >= 0.6 is 0 Å². The Kier molecular flexibility index (Phi) is 6.72. The zero-order valence-electron chi connectivity index (χ0n) is 19.0. The first-order valence-electron chi connectivity index (χ1n) is 11.1. The number of urea groups is 1. The van der Waals surface area contributed by atoms with Crippen LogP contribution < -0.4 is 10.1 Å². The average Bonchev–Trinajstić information content (AvgIpc) is 3.29. The topological polar surface area (TPSA) is 80.5 Å². The number of nitrogens with zero attached hydrogens (tertiary/aromatic N) is 3. The summed E-state index contributed by atoms with van der Waals surface area (Å²) in [6.07, 6.45) is 1.82. The van der Waals surface area contributed by atoms with E-state index >= 15 is 0 Å². The van der Waals surface area contributed by atoms with E-state index in [4.69, 9.17) is 9.26 Å². The Morgan fingerprint density at radius 2 is 1.85 bits per heavy atom. The highest BCUT2D eigenvalue weighted by molar-refractivity contribution is 5.86. The fourth-order valence-corrected chi connectivity index (χ4v) is 3.87. The van der Waals surface area contributed by atoms with Gasteiger partial charge < -0.3 is 14.6 Å². The normalized spacial score (nSPS) is 16.2. The first-order valence-corrected chi connectivity index (χ1v) is 11.1. The molecule has 0 spiro atoms. The highest BCUT2D eigenvalue weighted by Crippen LogP contribution is 2.37. The van der Waals surface area contributed by atoms with Crippen LogP contribution in [0, 0.1) is 5.82 Å². The molecule has 172 valence electrons. The standard InChI is InChI=1S/C25H27FN4O3/c1-4-6-15-30-16(3)21(22(27-25(30)31)17-7-11-19(26)12-8-17)24-28-23(29-33-24)18-9-13-20(14-10-18)32-5-2/h7-14,22H,4-6,15H2,1-3H3,(H,27,31). The minimum atomic E-state index is -0.537. The van der Waals surface area contributed by atoms with Gasteiger partial charge in [-0.2, -0.15) is 4.98 Å². The Labute approximate surface area is 192 Å². The monoisotopic (exact) mass is 450 g/mol. The van der Waals surface area contributed by atoms with Gasteiger partial charge in [0.05, 0.1) is 18.2 Å². The lowest BCUT2D eigenvalue weighted by molar-refractivity contribution is 0.204. The van der Waals surface area contributed by atoms with Gasteiger partial charge >= 0.3 is 6.03 Å². The Morgan fingerprint density at radius 1 is 1.12 bits per heavy atom. The van der Waals surface area contributed by atoms with Gasteiger partial charge in [-0.3, -0.25) is 4.90 Å². The molecule has 1 N–H and O–H groups in total. The fraction of sp³-hybridized carbons (Fsp3) is 0.320. The van der Waals surface area contributed by atoms with Gasteiger partial charge in [-0.25, -0.2) is 9.18 Å². The van der Waals surface area contributed by atoms with E-state index < -0.39 is 6.04 Å². The second kappa shape index (κ2) is 9.85. The predicted molar refractivity (Wildman–Crippen MR) is 123 cm³/mol. The van der Waals surface area contributed by atoms with Gasteiger partial charge in [0, 0.05) is 17.8 Å². The van der Waals surface area contributed by atoms with Gasteiger partial charge in [0.25, 0.3) is 5.89 Å². The summed E-state index contributed by atoms with van der Waals surface area (Å²) in [5.41, 5.74) is 2.95. The highest BCUT2D eigenvalue weighted by Gasteiger charge is 2.35. The van der Waals surface area contributed by atoms with Crippen molar-refractivity contribution in [2.24, 2.45) is 0 Å². The molecule has 2 heterocycles. The summed E-state index contributed by atoms with van der Waals surface area (Å²) < 4.78 is 24.7. The van der Waals surface area contributed by atoms with E-state index in [9.17, 15) is 9.18 Å². The van der Waals surface area contributed by atoms with E-state index in [2.05, 4.69) is 22.4 Å². The largest absolute Gasteiger partial charge is 0.494 e. The molecule has 1 aromatic heterocycles. The molecule has 7 nitrogen and oxygen atoms in total. The van der Waals surface area contributed by atoms with Crippen LogP contribution in [0.2, 0.25) is 0 Å². The summed E-state index contributed by atoms with van der Waals surface area (Å²) in [5.74, 6) is 1.17. The van der Waals surface area contributed by atoms with E-state index in [1.165, 1.54) is 12.1 Å². The fourth-order valence-electron chi connectivity index (χ4n) is 3.87. The smallest absolute Gasteiger partial charge is 0.322 e. The lowest BCUT2D eigenvalue weighted by Gasteiger charge is -2.35. The molecule has 1 aliphatic heterocycles. The number of unbranched alkanes of at least 4 members (excludes halogenated alkanes) is 1. The number of halogens is 1. The van der Waals surface area contributed by atoms with Gasteiger partial charge in [-0.15, -0.1) is 0 Å². The molecular weight excluding hydrogens is 423 g/mol. The van der Waals surface area contributed by atoms with Crippen LogP contribution in [0.25, 0.3) is 17.0 Å². The molecule has 8 heteroatoms. The molecule has 2 aromatic carbocycles. The molecule has 4 rings (SSSR count). The van der Waals surface area contributed by atoms with Crippen LogP contribution in [0.15, 0.2) is 58.8 Å². The van der Waals surface area contributed by atoms with Crippen LogP contribution in [0.5, 0.6) is 5.75 Å². The van der Waals surface area contributed by atoms with Crippen molar-refractivity contribution in [3.8, 4) is 17.1 Å². The zero-order valence-corrected chi connectivity index (χ0v) is 19.0. The van der Waals surface area contributed by atoms with Gasteiger partial charge in [-0.05, 0) is 62.2 Å². The number of carbonyl (C=O) groups excluding carboxylic acids is 1. The first-order chi connectivity index (χ1) is 16.0. The molecule has 3 aromatic rings. The van der Waals surface area contributed by atoms with Crippen molar-refractivity contribution >= 4 is 11.6 Å². The number of rotatable bonds is 8. The van der Waals surface area contributed by atoms with Crippen molar-refractivity contribution in [2.45, 2.75) is 39.7 Å². The van der Waals surface area contributed by atoms with Gasteiger partial charge in [-0.1, -0.05) is 30.6 Å². The number of benzene rings is 2. The second-order valence-corrected chi connectivity index (χ2v) is 7.82. The number of ether oxygens (including phenoxy) is 1. The van der Waals surface area contributed by atoms with E-state index in [1.807, 2.05) is 38.1 Å². The second-order valence-electron chi connectivity index (χ2n) is 7.82. The van der Waals surface area contributed by atoms with Crippen LogP contribution in [-0.4, -0.2) is 34.2 Å². The molecule has 1 aliphatic rings. The summed E-state index contributed by atoms with van der Waals surface area (Å²) in [4.78, 5) is 19.2. The third-order valence-corrected chi connectivity index (χ3v) is 5.61. The number of hydrogen-bond donors (Lipinski definition) is 1. The third kappa shape index (κ3) is 4.74. The number of carbonyl (C=O) groups is 1. The predicted octanol–water partition coefficient (Wildman–Crippen LogP) is 5.57. The van der Waals surface area contributed by atoms with E-state index in [0.29, 0.717) is 30.4 Å². The Bertz CT molecular complexity index is 1140. The van der Waals surface area contributed by atoms with Crippen LogP contribution in [0.1, 0.15) is 51.1 Å². The molecular formula is C25H27FN4O3. The summed E-state index contributed by atoms with van der Waals surface area (Å²) in [5, 5.41) is 7.19. The SMILES string of the molecule is CCCCN1C(=O)NC(c2ccc(F)cc2)C(c2nc(-c3ccc(OCC)cc3)no2)=C1C. The molecule has 0 fully saturated rings. The highest BCUT2D eigenvalue weighted by atomic mass is 19.1. The Morgan fingerprint density at radius 3 is 2.52 bits per heavy atom. The Balaban J connectivity index is 1.74. The molecule has 0 saturated heterocycles. The number of amides is 2. The molecule has 1 unspecified atom stereocenters. The molecule has 0 saturated carbocycles. The maximum absolute atomic E-state index is 13.5. The summed E-state index contributed by atoms with van der Waals surface area (Å²) in [7, 11) is 0. The minimum absolute atomic E-state index is 0.203. The van der Waals surface area contributed by atoms with Crippen molar-refractivity contribution in [2.75, 3.05) is 13.2 Å². The molecule has 0 aliphatic carbocycles. The quantitative estimate of drug-likeness (QED) is 0.485. The van der Waals surface area contributed by atoms with Crippen molar-refractivity contribution in [3.05, 3.63) is 71.5 Å². The zero-order chi connectivity index (χ0) is 23.4. The Hall–Kier alpha value is -3.68. The van der Waals surface area contributed by atoms with Crippen molar-refractivity contribution in [1.29, 1.82) is 0 Å². The maximum Gasteiger partial charge on any atom is 0.322 e.